The standard InChI is InChI=1S/C62H38N4O2/c1-3-19-39(20-4-1)41-23-17-25-43(37-41)57-55-51-33-13-15-35-53(51)67-61(55)66-60(63-57)50-32-12-10-30-48(50)46-28-8-7-27-45(46)47-29-9-11-31-49(47)58-56-52-34-14-16-36-54(52)68-62(56)65-59(64-58)44-26-18-24-42(38-44)40-21-5-2-6-22-40/h1-38H. The predicted octanol–water partition coefficient (Wildman–Crippen LogP) is 16.4. The van der Waals surface area contributed by atoms with Crippen molar-refractivity contribution < 1.29 is 8.83 Å². The molecule has 0 bridgehead atoms. The van der Waals surface area contributed by atoms with Crippen LogP contribution in [0.4, 0.5) is 0 Å². The highest BCUT2D eigenvalue weighted by molar-refractivity contribution is 6.13. The van der Waals surface area contributed by atoms with Crippen molar-refractivity contribution in [2.75, 3.05) is 0 Å². The van der Waals surface area contributed by atoms with Gasteiger partial charge < -0.3 is 8.83 Å². The van der Waals surface area contributed by atoms with Crippen LogP contribution >= 0.6 is 0 Å². The van der Waals surface area contributed by atoms with Crippen LogP contribution in [0.5, 0.6) is 0 Å². The fraction of sp³-hybridized carbons (Fsp3) is 0. The molecule has 0 saturated carbocycles. The molecular formula is C62H38N4O2. The van der Waals surface area contributed by atoms with E-state index in [1.165, 1.54) is 0 Å². The second-order valence-electron chi connectivity index (χ2n) is 16.9. The minimum absolute atomic E-state index is 0.535. The lowest BCUT2D eigenvalue weighted by atomic mass is 9.88. The van der Waals surface area contributed by atoms with Crippen molar-refractivity contribution in [2.45, 2.75) is 0 Å². The average molecular weight is 871 g/mol. The van der Waals surface area contributed by atoms with Crippen molar-refractivity contribution in [3.63, 3.8) is 0 Å². The first-order chi connectivity index (χ1) is 33.7. The number of benzene rings is 9. The van der Waals surface area contributed by atoms with E-state index in [1.807, 2.05) is 54.6 Å². The largest absolute Gasteiger partial charge is 0.438 e. The van der Waals surface area contributed by atoms with Crippen LogP contribution in [0.3, 0.4) is 0 Å². The first-order valence-electron chi connectivity index (χ1n) is 22.7. The van der Waals surface area contributed by atoms with Gasteiger partial charge in [0.1, 0.15) is 11.2 Å². The molecular weight excluding hydrogens is 833 g/mol. The number of hydrogen-bond donors (Lipinski definition) is 0. The van der Waals surface area contributed by atoms with Crippen LogP contribution in [-0.2, 0) is 0 Å². The molecule has 0 aliphatic rings. The zero-order chi connectivity index (χ0) is 45.0. The molecule has 0 saturated heterocycles. The number of furan rings is 2. The van der Waals surface area contributed by atoms with Gasteiger partial charge in [-0.05, 0) is 68.8 Å². The maximum Gasteiger partial charge on any atom is 0.231 e. The molecule has 4 aromatic heterocycles. The second-order valence-corrected chi connectivity index (χ2v) is 16.9. The van der Waals surface area contributed by atoms with E-state index in [-0.39, 0.29) is 0 Å². The highest BCUT2D eigenvalue weighted by atomic mass is 16.3. The van der Waals surface area contributed by atoms with Gasteiger partial charge in [0.05, 0.1) is 22.2 Å². The zero-order valence-electron chi connectivity index (χ0n) is 36.5. The van der Waals surface area contributed by atoms with Crippen molar-refractivity contribution in [3.05, 3.63) is 231 Å². The lowest BCUT2D eigenvalue weighted by Crippen LogP contribution is -1.98. The Morgan fingerprint density at radius 1 is 0.250 bits per heavy atom. The van der Waals surface area contributed by atoms with E-state index in [9.17, 15) is 0 Å². The van der Waals surface area contributed by atoms with Gasteiger partial charge >= 0.3 is 0 Å². The Hall–Kier alpha value is -9.26. The van der Waals surface area contributed by atoms with Gasteiger partial charge in [0.2, 0.25) is 11.4 Å². The first-order valence-corrected chi connectivity index (χ1v) is 22.7. The molecule has 0 fully saturated rings. The molecule has 0 unspecified atom stereocenters. The van der Waals surface area contributed by atoms with Gasteiger partial charge in [-0.2, -0.15) is 9.97 Å². The molecule has 6 heteroatoms. The highest BCUT2D eigenvalue weighted by Crippen LogP contribution is 2.45. The Bertz CT molecular complexity index is 4040. The van der Waals surface area contributed by atoms with E-state index < -0.39 is 0 Å². The Labute approximate surface area is 391 Å². The summed E-state index contributed by atoms with van der Waals surface area (Å²) in [7, 11) is 0. The Kier molecular flexibility index (Phi) is 9.39. The molecule has 318 valence electrons. The quantitative estimate of drug-likeness (QED) is 0.151. The summed E-state index contributed by atoms with van der Waals surface area (Å²) >= 11 is 0. The molecule has 13 aromatic rings. The summed E-state index contributed by atoms with van der Waals surface area (Å²) in [5.41, 5.74) is 16.4. The number of para-hydroxylation sites is 2. The molecule has 13 rings (SSSR count). The maximum absolute atomic E-state index is 6.55. The van der Waals surface area contributed by atoms with Gasteiger partial charge in [0.25, 0.3) is 0 Å². The topological polar surface area (TPSA) is 77.8 Å². The van der Waals surface area contributed by atoms with Crippen LogP contribution in [-0.4, -0.2) is 19.9 Å². The van der Waals surface area contributed by atoms with Gasteiger partial charge in [-0.3, -0.25) is 0 Å². The third kappa shape index (κ3) is 6.74. The molecule has 0 atom stereocenters. The Balaban J connectivity index is 0.996. The minimum Gasteiger partial charge on any atom is -0.438 e. The van der Waals surface area contributed by atoms with Crippen LogP contribution < -0.4 is 0 Å². The molecule has 0 aliphatic carbocycles. The van der Waals surface area contributed by atoms with Gasteiger partial charge in [0, 0.05) is 33.0 Å². The smallest absolute Gasteiger partial charge is 0.231 e. The van der Waals surface area contributed by atoms with Crippen molar-refractivity contribution in [2.24, 2.45) is 0 Å². The summed E-state index contributed by atoms with van der Waals surface area (Å²) in [4.78, 5) is 21.3. The molecule has 9 aromatic carbocycles. The van der Waals surface area contributed by atoms with Crippen LogP contribution in [0.15, 0.2) is 239 Å². The fourth-order valence-corrected chi connectivity index (χ4v) is 9.63. The monoisotopic (exact) mass is 870 g/mol. The minimum atomic E-state index is 0.535. The maximum atomic E-state index is 6.55. The van der Waals surface area contributed by atoms with Gasteiger partial charge in [-0.25, -0.2) is 9.97 Å². The molecule has 6 nitrogen and oxygen atoms in total. The SMILES string of the molecule is c1ccc(-c2cccc(-c3nc(-c4ccccc4-c4ccccc4-c4ccccc4-c4nc(-c5cccc(-c6ccccc6)c5)c5c(n4)oc4ccccc45)c4c(n3)oc3ccccc34)c2)cc1. The lowest BCUT2D eigenvalue weighted by Gasteiger charge is -2.17. The average Bonchev–Trinajstić information content (AvgIpc) is 3.99. The molecule has 0 radical (unpaired) electrons. The molecule has 68 heavy (non-hydrogen) atoms. The normalized spacial score (nSPS) is 11.5. The number of hydrogen-bond acceptors (Lipinski definition) is 6. The molecule has 4 heterocycles. The Morgan fingerprint density at radius 3 is 1.22 bits per heavy atom. The zero-order valence-corrected chi connectivity index (χ0v) is 36.5. The number of nitrogens with zero attached hydrogens (tertiary/aromatic N) is 4. The van der Waals surface area contributed by atoms with E-state index in [0.717, 1.165) is 111 Å². The summed E-state index contributed by atoms with van der Waals surface area (Å²) in [6, 6.07) is 79.4. The first kappa shape index (κ1) is 39.1. The van der Waals surface area contributed by atoms with Gasteiger partial charge in [-0.1, -0.05) is 206 Å². The summed E-state index contributed by atoms with van der Waals surface area (Å²) in [6.07, 6.45) is 0. The Morgan fingerprint density at radius 2 is 0.632 bits per heavy atom. The number of rotatable bonds is 8. The van der Waals surface area contributed by atoms with Crippen molar-refractivity contribution in [3.8, 4) is 89.8 Å². The summed E-state index contributed by atoms with van der Waals surface area (Å²) in [5, 5.41) is 3.68. The third-order valence-corrected chi connectivity index (χ3v) is 12.8. The van der Waals surface area contributed by atoms with Crippen molar-refractivity contribution in [1.29, 1.82) is 0 Å². The molecule has 0 aliphatic heterocycles. The summed E-state index contributed by atoms with van der Waals surface area (Å²) in [5.74, 6) is 1.15. The number of aromatic nitrogens is 4. The van der Waals surface area contributed by atoms with Crippen LogP contribution in [0.1, 0.15) is 0 Å². The van der Waals surface area contributed by atoms with Gasteiger partial charge in [0.15, 0.2) is 11.6 Å². The summed E-state index contributed by atoms with van der Waals surface area (Å²) < 4.78 is 13.1. The van der Waals surface area contributed by atoms with Crippen molar-refractivity contribution in [1.82, 2.24) is 19.9 Å². The van der Waals surface area contributed by atoms with E-state index in [1.54, 1.807) is 0 Å². The van der Waals surface area contributed by atoms with E-state index in [2.05, 4.69) is 176 Å². The third-order valence-electron chi connectivity index (χ3n) is 12.8. The van der Waals surface area contributed by atoms with Crippen molar-refractivity contribution >= 4 is 44.1 Å². The van der Waals surface area contributed by atoms with E-state index >= 15 is 0 Å². The van der Waals surface area contributed by atoms with E-state index in [0.29, 0.717) is 23.1 Å². The van der Waals surface area contributed by atoms with Gasteiger partial charge in [-0.15, -0.1) is 0 Å². The van der Waals surface area contributed by atoms with Crippen LogP contribution in [0, 0.1) is 0 Å². The number of fused-ring (bicyclic) bond motifs is 6. The lowest BCUT2D eigenvalue weighted by molar-refractivity contribution is 0.653. The fourth-order valence-electron chi connectivity index (χ4n) is 9.63. The van der Waals surface area contributed by atoms with E-state index in [4.69, 9.17) is 28.8 Å². The predicted molar refractivity (Wildman–Crippen MR) is 276 cm³/mol. The van der Waals surface area contributed by atoms with Crippen LogP contribution in [0.2, 0.25) is 0 Å². The second kappa shape index (κ2) is 16.3. The van der Waals surface area contributed by atoms with Crippen LogP contribution in [0.25, 0.3) is 134 Å². The molecule has 0 spiro atoms. The molecule has 0 amide bonds. The highest BCUT2D eigenvalue weighted by Gasteiger charge is 2.24. The summed E-state index contributed by atoms with van der Waals surface area (Å²) in [6.45, 7) is 0. The molecule has 0 N–H and O–H groups in total.